The highest BCUT2D eigenvalue weighted by Crippen LogP contribution is 2.23. The molecule has 1 aliphatic heterocycles. The molecular formula is C15H21Br2NO. The van der Waals surface area contributed by atoms with Crippen molar-refractivity contribution < 1.29 is 4.74 Å². The Labute approximate surface area is 132 Å². The van der Waals surface area contributed by atoms with Gasteiger partial charge >= 0.3 is 0 Å². The highest BCUT2D eigenvalue weighted by molar-refractivity contribution is 9.10. The molecule has 0 saturated carbocycles. The highest BCUT2D eigenvalue weighted by atomic mass is 79.9. The van der Waals surface area contributed by atoms with Crippen molar-refractivity contribution in [1.82, 2.24) is 4.90 Å². The summed E-state index contributed by atoms with van der Waals surface area (Å²) in [4.78, 5) is 3.17. The maximum absolute atomic E-state index is 5.82. The van der Waals surface area contributed by atoms with Crippen LogP contribution < -0.4 is 4.74 Å². The third-order valence-electron chi connectivity index (χ3n) is 3.54. The first-order chi connectivity index (χ1) is 9.15. The SMILES string of the molecule is CC(Br)CC1CCCN1CCOc1cccc(Br)c1. The Kier molecular flexibility index (Phi) is 6.17. The van der Waals surface area contributed by atoms with Gasteiger partial charge in [-0.2, -0.15) is 0 Å². The van der Waals surface area contributed by atoms with Crippen LogP contribution in [0, 0.1) is 0 Å². The Hall–Kier alpha value is -0.0600. The van der Waals surface area contributed by atoms with Crippen molar-refractivity contribution in [3.8, 4) is 5.75 Å². The van der Waals surface area contributed by atoms with E-state index in [2.05, 4.69) is 43.7 Å². The smallest absolute Gasteiger partial charge is 0.120 e. The first-order valence-corrected chi connectivity index (χ1v) is 8.62. The van der Waals surface area contributed by atoms with Crippen molar-refractivity contribution in [2.75, 3.05) is 19.7 Å². The number of nitrogens with zero attached hydrogens (tertiary/aromatic N) is 1. The topological polar surface area (TPSA) is 12.5 Å². The molecule has 0 spiro atoms. The molecule has 1 aliphatic rings. The van der Waals surface area contributed by atoms with Crippen LogP contribution in [0.3, 0.4) is 0 Å². The first kappa shape index (κ1) is 15.3. The third kappa shape index (κ3) is 5.09. The van der Waals surface area contributed by atoms with Crippen LogP contribution in [0.15, 0.2) is 28.7 Å². The fourth-order valence-electron chi connectivity index (χ4n) is 2.67. The molecule has 1 fully saturated rings. The van der Waals surface area contributed by atoms with E-state index < -0.39 is 0 Å². The summed E-state index contributed by atoms with van der Waals surface area (Å²) in [5.74, 6) is 0.944. The third-order valence-corrected chi connectivity index (χ3v) is 4.41. The Morgan fingerprint density at radius 3 is 3.05 bits per heavy atom. The minimum absolute atomic E-state index is 0.601. The number of likely N-dealkylation sites (tertiary alicyclic amines) is 1. The predicted octanol–water partition coefficient (Wildman–Crippen LogP) is 4.47. The second-order valence-corrected chi connectivity index (χ2v) is 7.63. The van der Waals surface area contributed by atoms with Gasteiger partial charge in [-0.3, -0.25) is 4.90 Å². The summed E-state index contributed by atoms with van der Waals surface area (Å²) in [6.07, 6.45) is 3.88. The van der Waals surface area contributed by atoms with Gasteiger partial charge in [0.2, 0.25) is 0 Å². The Morgan fingerprint density at radius 2 is 2.32 bits per heavy atom. The number of hydrogen-bond acceptors (Lipinski definition) is 2. The Balaban J connectivity index is 1.75. The summed E-state index contributed by atoms with van der Waals surface area (Å²) in [6.45, 7) is 5.24. The average Bonchev–Trinajstić information content (AvgIpc) is 2.76. The molecule has 19 heavy (non-hydrogen) atoms. The number of ether oxygens (including phenoxy) is 1. The number of rotatable bonds is 6. The molecule has 1 aromatic carbocycles. The molecule has 0 aliphatic carbocycles. The van der Waals surface area contributed by atoms with Crippen LogP contribution in [0.25, 0.3) is 0 Å². The number of halogens is 2. The fourth-order valence-corrected chi connectivity index (χ4v) is 3.48. The van der Waals surface area contributed by atoms with Crippen LogP contribution in [0.5, 0.6) is 5.75 Å². The highest BCUT2D eigenvalue weighted by Gasteiger charge is 2.24. The molecule has 0 bridgehead atoms. The van der Waals surface area contributed by atoms with Crippen molar-refractivity contribution >= 4 is 31.9 Å². The summed E-state index contributed by atoms with van der Waals surface area (Å²) in [7, 11) is 0. The minimum Gasteiger partial charge on any atom is -0.492 e. The Bertz CT molecular complexity index is 397. The predicted molar refractivity (Wildman–Crippen MR) is 87.2 cm³/mol. The molecule has 4 heteroatoms. The maximum Gasteiger partial charge on any atom is 0.120 e. The van der Waals surface area contributed by atoms with Gasteiger partial charge in [0, 0.05) is 21.9 Å². The lowest BCUT2D eigenvalue weighted by Crippen LogP contribution is -2.34. The normalized spacial score (nSPS) is 21.5. The maximum atomic E-state index is 5.82. The van der Waals surface area contributed by atoms with E-state index in [-0.39, 0.29) is 0 Å². The monoisotopic (exact) mass is 389 g/mol. The van der Waals surface area contributed by atoms with Crippen LogP contribution in [0.4, 0.5) is 0 Å². The second-order valence-electron chi connectivity index (χ2n) is 5.15. The van der Waals surface area contributed by atoms with Crippen LogP contribution in [-0.2, 0) is 0 Å². The molecule has 2 unspecified atom stereocenters. The summed E-state index contributed by atoms with van der Waals surface area (Å²) >= 11 is 7.12. The van der Waals surface area contributed by atoms with E-state index >= 15 is 0 Å². The molecule has 0 N–H and O–H groups in total. The van der Waals surface area contributed by atoms with E-state index in [0.29, 0.717) is 4.83 Å². The van der Waals surface area contributed by atoms with Gasteiger partial charge < -0.3 is 4.74 Å². The lowest BCUT2D eigenvalue weighted by molar-refractivity contribution is 0.191. The minimum atomic E-state index is 0.601. The largest absolute Gasteiger partial charge is 0.492 e. The van der Waals surface area contributed by atoms with E-state index in [9.17, 15) is 0 Å². The van der Waals surface area contributed by atoms with Gasteiger partial charge in [-0.05, 0) is 44.0 Å². The van der Waals surface area contributed by atoms with Gasteiger partial charge in [0.15, 0.2) is 0 Å². The van der Waals surface area contributed by atoms with E-state index in [4.69, 9.17) is 4.74 Å². The van der Waals surface area contributed by atoms with Crippen LogP contribution >= 0.6 is 31.9 Å². The van der Waals surface area contributed by atoms with Gasteiger partial charge in [0.25, 0.3) is 0 Å². The Morgan fingerprint density at radius 1 is 1.47 bits per heavy atom. The quantitative estimate of drug-likeness (QED) is 0.664. The summed E-state index contributed by atoms with van der Waals surface area (Å²) < 4.78 is 6.89. The molecule has 1 saturated heterocycles. The van der Waals surface area contributed by atoms with Gasteiger partial charge in [0.05, 0.1) is 0 Å². The summed E-state index contributed by atoms with van der Waals surface area (Å²) in [5.41, 5.74) is 0. The van der Waals surface area contributed by atoms with E-state index in [1.165, 1.54) is 25.8 Å². The molecule has 0 amide bonds. The second kappa shape index (κ2) is 7.65. The summed E-state index contributed by atoms with van der Waals surface area (Å²) in [6, 6.07) is 8.76. The number of alkyl halides is 1. The van der Waals surface area contributed by atoms with Gasteiger partial charge in [-0.1, -0.05) is 44.8 Å². The van der Waals surface area contributed by atoms with Crippen LogP contribution in [0.1, 0.15) is 26.2 Å². The molecule has 106 valence electrons. The fraction of sp³-hybridized carbons (Fsp3) is 0.600. The molecule has 2 rings (SSSR count). The van der Waals surface area contributed by atoms with Crippen LogP contribution in [-0.4, -0.2) is 35.5 Å². The zero-order valence-electron chi connectivity index (χ0n) is 11.3. The lowest BCUT2D eigenvalue weighted by Gasteiger charge is -2.25. The first-order valence-electron chi connectivity index (χ1n) is 6.91. The van der Waals surface area contributed by atoms with Crippen molar-refractivity contribution in [3.63, 3.8) is 0 Å². The van der Waals surface area contributed by atoms with Crippen molar-refractivity contribution in [2.45, 2.75) is 37.1 Å². The van der Waals surface area contributed by atoms with Crippen molar-refractivity contribution in [2.24, 2.45) is 0 Å². The van der Waals surface area contributed by atoms with E-state index in [1.807, 2.05) is 24.3 Å². The standard InChI is InChI=1S/C15H21Br2NO/c1-12(16)10-14-5-3-7-18(14)8-9-19-15-6-2-4-13(17)11-15/h2,4,6,11-12,14H,3,5,7-10H2,1H3. The van der Waals surface area contributed by atoms with Crippen LogP contribution in [0.2, 0.25) is 0 Å². The molecule has 2 nitrogen and oxygen atoms in total. The number of benzene rings is 1. The molecular weight excluding hydrogens is 370 g/mol. The van der Waals surface area contributed by atoms with Crippen molar-refractivity contribution in [3.05, 3.63) is 28.7 Å². The van der Waals surface area contributed by atoms with E-state index in [0.717, 1.165) is 29.4 Å². The summed E-state index contributed by atoms with van der Waals surface area (Å²) in [5, 5.41) is 0. The van der Waals surface area contributed by atoms with Gasteiger partial charge in [-0.25, -0.2) is 0 Å². The average molecular weight is 391 g/mol. The lowest BCUT2D eigenvalue weighted by atomic mass is 10.1. The van der Waals surface area contributed by atoms with Gasteiger partial charge in [-0.15, -0.1) is 0 Å². The molecule has 2 atom stereocenters. The van der Waals surface area contributed by atoms with E-state index in [1.54, 1.807) is 0 Å². The zero-order valence-corrected chi connectivity index (χ0v) is 14.5. The molecule has 0 aromatic heterocycles. The molecule has 1 aromatic rings. The zero-order chi connectivity index (χ0) is 13.7. The number of hydrogen-bond donors (Lipinski definition) is 0. The molecule has 1 heterocycles. The van der Waals surface area contributed by atoms with Gasteiger partial charge in [0.1, 0.15) is 12.4 Å². The molecule has 0 radical (unpaired) electrons. The van der Waals surface area contributed by atoms with Crippen molar-refractivity contribution in [1.29, 1.82) is 0 Å².